The van der Waals surface area contributed by atoms with Gasteiger partial charge in [-0.25, -0.2) is 14.6 Å². The van der Waals surface area contributed by atoms with Crippen molar-refractivity contribution >= 4 is 22.9 Å². The Morgan fingerprint density at radius 3 is 2.59 bits per heavy atom. The third-order valence-electron chi connectivity index (χ3n) is 3.96. The zero-order chi connectivity index (χ0) is 19.4. The highest BCUT2D eigenvalue weighted by molar-refractivity contribution is 5.89. The first-order valence-corrected chi connectivity index (χ1v) is 8.26. The minimum absolute atomic E-state index is 0.267. The van der Waals surface area contributed by atoms with Crippen LogP contribution in [0.2, 0.25) is 0 Å². The van der Waals surface area contributed by atoms with Crippen LogP contribution in [0.15, 0.2) is 53.3 Å². The van der Waals surface area contributed by atoms with Crippen LogP contribution < -0.4 is 16.6 Å². The number of hydrogen-bond donors (Lipinski definition) is 3. The molecule has 0 fully saturated rings. The standard InChI is InChI=1S/C19H18N4O4/c1-11(16-22-15-5-3-2-4-14(15)17(24)23-16)27-18(25)13-8-6-12(7-9-13)10-21-19(20)26/h2-9,11H,10H2,1H3,(H3,20,21,26)(H,22,23,24). The van der Waals surface area contributed by atoms with E-state index in [0.717, 1.165) is 5.56 Å². The van der Waals surface area contributed by atoms with Crippen molar-refractivity contribution in [1.82, 2.24) is 15.3 Å². The van der Waals surface area contributed by atoms with Gasteiger partial charge >= 0.3 is 12.0 Å². The normalized spacial score (nSPS) is 11.7. The summed E-state index contributed by atoms with van der Waals surface area (Å²) in [5.74, 6) is -0.276. The van der Waals surface area contributed by atoms with E-state index in [0.29, 0.717) is 16.5 Å². The first-order valence-electron chi connectivity index (χ1n) is 8.26. The van der Waals surface area contributed by atoms with Crippen LogP contribution in [0.3, 0.4) is 0 Å². The number of aromatic amines is 1. The van der Waals surface area contributed by atoms with Crippen LogP contribution >= 0.6 is 0 Å². The highest BCUT2D eigenvalue weighted by atomic mass is 16.5. The highest BCUT2D eigenvalue weighted by Gasteiger charge is 2.17. The van der Waals surface area contributed by atoms with Crippen LogP contribution in [0.25, 0.3) is 10.9 Å². The van der Waals surface area contributed by atoms with Gasteiger partial charge in [0.2, 0.25) is 0 Å². The van der Waals surface area contributed by atoms with E-state index in [4.69, 9.17) is 10.5 Å². The number of fused-ring (bicyclic) bond motifs is 1. The number of rotatable bonds is 5. The molecule has 27 heavy (non-hydrogen) atoms. The van der Waals surface area contributed by atoms with E-state index in [1.54, 1.807) is 55.5 Å². The number of nitrogens with one attached hydrogen (secondary N) is 2. The van der Waals surface area contributed by atoms with Gasteiger partial charge in [-0.3, -0.25) is 4.79 Å². The molecule has 0 bridgehead atoms. The molecule has 138 valence electrons. The van der Waals surface area contributed by atoms with Gasteiger partial charge < -0.3 is 20.8 Å². The Morgan fingerprint density at radius 2 is 1.89 bits per heavy atom. The van der Waals surface area contributed by atoms with Crippen LogP contribution in [0, 0.1) is 0 Å². The number of aromatic nitrogens is 2. The van der Waals surface area contributed by atoms with E-state index in [1.165, 1.54) is 0 Å². The maximum absolute atomic E-state index is 12.3. The number of hydrogen-bond acceptors (Lipinski definition) is 5. The average Bonchev–Trinajstić information content (AvgIpc) is 2.66. The van der Waals surface area contributed by atoms with E-state index in [1.807, 2.05) is 0 Å². The number of nitrogens with zero attached hydrogens (tertiary/aromatic N) is 1. The number of esters is 1. The fourth-order valence-electron chi connectivity index (χ4n) is 2.53. The first kappa shape index (κ1) is 18.1. The van der Waals surface area contributed by atoms with E-state index < -0.39 is 18.1 Å². The lowest BCUT2D eigenvalue weighted by Gasteiger charge is -2.13. The van der Waals surface area contributed by atoms with E-state index in [-0.39, 0.29) is 17.9 Å². The number of urea groups is 1. The molecule has 1 unspecified atom stereocenters. The molecule has 3 aromatic rings. The van der Waals surface area contributed by atoms with Gasteiger partial charge in [0.05, 0.1) is 16.5 Å². The number of para-hydroxylation sites is 1. The Labute approximate surface area is 154 Å². The van der Waals surface area contributed by atoms with Crippen molar-refractivity contribution in [1.29, 1.82) is 0 Å². The monoisotopic (exact) mass is 366 g/mol. The van der Waals surface area contributed by atoms with Crippen molar-refractivity contribution in [3.8, 4) is 0 Å². The first-order chi connectivity index (χ1) is 12.9. The molecule has 8 nitrogen and oxygen atoms in total. The van der Waals surface area contributed by atoms with Gasteiger partial charge in [-0.15, -0.1) is 0 Å². The second kappa shape index (κ2) is 7.69. The number of ether oxygens (including phenoxy) is 1. The largest absolute Gasteiger partial charge is 0.451 e. The van der Waals surface area contributed by atoms with Gasteiger partial charge in [-0.2, -0.15) is 0 Å². The molecule has 0 aliphatic carbocycles. The van der Waals surface area contributed by atoms with Crippen molar-refractivity contribution in [2.24, 2.45) is 5.73 Å². The predicted octanol–water partition coefficient (Wildman–Crippen LogP) is 2.01. The minimum Gasteiger partial charge on any atom is -0.451 e. The molecule has 0 radical (unpaired) electrons. The van der Waals surface area contributed by atoms with Gasteiger partial charge in [-0.1, -0.05) is 24.3 Å². The van der Waals surface area contributed by atoms with Crippen molar-refractivity contribution < 1.29 is 14.3 Å². The van der Waals surface area contributed by atoms with Crippen molar-refractivity contribution in [2.45, 2.75) is 19.6 Å². The molecule has 0 aliphatic rings. The quantitative estimate of drug-likeness (QED) is 0.595. The van der Waals surface area contributed by atoms with Gasteiger partial charge in [0.15, 0.2) is 11.9 Å². The Bertz CT molecular complexity index is 1040. The lowest BCUT2D eigenvalue weighted by Crippen LogP contribution is -2.28. The molecule has 1 aromatic heterocycles. The number of carbonyl (C=O) groups excluding carboxylic acids is 2. The molecule has 0 saturated heterocycles. The molecular weight excluding hydrogens is 348 g/mol. The SMILES string of the molecule is CC(OC(=O)c1ccc(CNC(N)=O)cc1)c1nc2ccccc2c(=O)[nH]1. The van der Waals surface area contributed by atoms with Gasteiger partial charge in [0, 0.05) is 6.54 Å². The number of H-pyrrole nitrogens is 1. The predicted molar refractivity (Wildman–Crippen MR) is 99.1 cm³/mol. The second-order valence-corrected chi connectivity index (χ2v) is 5.93. The summed E-state index contributed by atoms with van der Waals surface area (Å²) in [7, 11) is 0. The molecule has 0 spiro atoms. The summed E-state index contributed by atoms with van der Waals surface area (Å²) in [6, 6.07) is 12.9. The molecule has 8 heteroatoms. The van der Waals surface area contributed by atoms with Crippen LogP contribution in [0.1, 0.15) is 34.8 Å². The Kier molecular flexibility index (Phi) is 5.16. The fourth-order valence-corrected chi connectivity index (χ4v) is 2.53. The maximum Gasteiger partial charge on any atom is 0.338 e. The van der Waals surface area contributed by atoms with Gasteiger partial charge in [0.1, 0.15) is 0 Å². The molecule has 4 N–H and O–H groups in total. The number of primary amides is 1. The van der Waals surface area contributed by atoms with Gasteiger partial charge in [0.25, 0.3) is 5.56 Å². The van der Waals surface area contributed by atoms with Crippen LogP contribution in [0.5, 0.6) is 0 Å². The molecule has 1 atom stereocenters. The molecule has 0 aliphatic heterocycles. The van der Waals surface area contributed by atoms with Crippen LogP contribution in [-0.4, -0.2) is 22.0 Å². The Morgan fingerprint density at radius 1 is 1.19 bits per heavy atom. The second-order valence-electron chi connectivity index (χ2n) is 5.93. The number of benzene rings is 2. The Hall–Kier alpha value is -3.68. The molecule has 1 heterocycles. The van der Waals surface area contributed by atoms with Crippen LogP contribution in [0.4, 0.5) is 4.79 Å². The summed E-state index contributed by atoms with van der Waals surface area (Å²) in [6.45, 7) is 1.90. The molecule has 0 saturated carbocycles. The zero-order valence-corrected chi connectivity index (χ0v) is 14.6. The lowest BCUT2D eigenvalue weighted by atomic mass is 10.1. The summed E-state index contributed by atoms with van der Waals surface area (Å²) >= 11 is 0. The average molecular weight is 366 g/mol. The number of carbonyl (C=O) groups is 2. The van der Waals surface area contributed by atoms with Gasteiger partial charge in [-0.05, 0) is 36.8 Å². The summed E-state index contributed by atoms with van der Waals surface area (Å²) in [6.07, 6.45) is -0.731. The fraction of sp³-hybridized carbons (Fsp3) is 0.158. The molecule has 2 aromatic carbocycles. The highest BCUT2D eigenvalue weighted by Crippen LogP contribution is 2.17. The smallest absolute Gasteiger partial charge is 0.338 e. The summed E-state index contributed by atoms with van der Waals surface area (Å²) in [5.41, 5.74) is 6.40. The number of nitrogens with two attached hydrogens (primary N) is 1. The zero-order valence-electron chi connectivity index (χ0n) is 14.6. The molecule has 3 rings (SSSR count). The maximum atomic E-state index is 12.3. The summed E-state index contributed by atoms with van der Waals surface area (Å²) < 4.78 is 5.40. The molecule has 2 amide bonds. The Balaban J connectivity index is 1.72. The summed E-state index contributed by atoms with van der Waals surface area (Å²) in [5, 5.41) is 2.94. The molecular formula is C19H18N4O4. The summed E-state index contributed by atoms with van der Waals surface area (Å²) in [4.78, 5) is 42.2. The van der Waals surface area contributed by atoms with Crippen LogP contribution in [-0.2, 0) is 11.3 Å². The van der Waals surface area contributed by atoms with Crippen molar-refractivity contribution in [3.05, 3.63) is 75.8 Å². The van der Waals surface area contributed by atoms with Crippen molar-refractivity contribution in [3.63, 3.8) is 0 Å². The van der Waals surface area contributed by atoms with E-state index >= 15 is 0 Å². The van der Waals surface area contributed by atoms with E-state index in [9.17, 15) is 14.4 Å². The number of amides is 2. The topological polar surface area (TPSA) is 127 Å². The van der Waals surface area contributed by atoms with E-state index in [2.05, 4.69) is 15.3 Å². The lowest BCUT2D eigenvalue weighted by molar-refractivity contribution is 0.0320. The third-order valence-corrected chi connectivity index (χ3v) is 3.96. The third kappa shape index (κ3) is 4.30. The minimum atomic E-state index is -0.731. The van der Waals surface area contributed by atoms with Crippen molar-refractivity contribution in [2.75, 3.05) is 0 Å².